The van der Waals surface area contributed by atoms with E-state index in [0.29, 0.717) is 18.7 Å². The zero-order valence-electron chi connectivity index (χ0n) is 25.9. The van der Waals surface area contributed by atoms with E-state index in [4.69, 9.17) is 4.74 Å². The van der Waals surface area contributed by atoms with E-state index in [2.05, 4.69) is 16.0 Å². The van der Waals surface area contributed by atoms with E-state index < -0.39 is 81.1 Å². The van der Waals surface area contributed by atoms with Crippen molar-refractivity contribution in [1.29, 1.82) is 0 Å². The number of hydrogen-bond donors (Lipinski definition) is 4. The van der Waals surface area contributed by atoms with Gasteiger partial charge in [-0.1, -0.05) is 5.57 Å². The first kappa shape index (κ1) is 36.5. The summed E-state index contributed by atoms with van der Waals surface area (Å²) >= 11 is 0. The fourth-order valence-electron chi connectivity index (χ4n) is 7.07. The van der Waals surface area contributed by atoms with E-state index in [9.17, 15) is 53.8 Å². The van der Waals surface area contributed by atoms with Gasteiger partial charge in [-0.2, -0.15) is 30.6 Å². The minimum absolute atomic E-state index is 0.0610. The van der Waals surface area contributed by atoms with E-state index in [-0.39, 0.29) is 66.8 Å². The highest BCUT2D eigenvalue weighted by Crippen LogP contribution is 2.54. The number of halogens is 7. The molecule has 0 radical (unpaired) electrons. The van der Waals surface area contributed by atoms with Crippen LogP contribution in [0.1, 0.15) is 35.2 Å². The molecule has 0 aromatic heterocycles. The molecule has 10 nitrogen and oxygen atoms in total. The number of nitrogens with one attached hydrogen (secondary N) is 3. The molecule has 2 aromatic carbocycles. The second-order valence-electron chi connectivity index (χ2n) is 12.0. The standard InChI is InChI=1S/C31H33F7N4O6S/c1-48-25-7-3-18(49(46,47)42-10-9-39-15-17(42)8-11-43)13-21(25)28(44)41-27-20-5-4-19(22(20)14-30(33,34)35)26(27)29(45)40-16-2-6-24(32)23(12-16)31(36,37)38/h2-3,6-7,12-14,17,19-20,26-27,39,43H,4-5,8-11,15H2,1H3,(H,40,45)(H,41,44)/b22-14-/t17?,19-,20+,26-,27+/m0/s1. The van der Waals surface area contributed by atoms with Gasteiger partial charge in [0.2, 0.25) is 15.9 Å². The van der Waals surface area contributed by atoms with Crippen molar-refractivity contribution >= 4 is 27.5 Å². The maximum atomic E-state index is 13.9. The van der Waals surface area contributed by atoms with Crippen LogP contribution in [-0.2, 0) is 21.0 Å². The molecule has 3 aliphatic rings. The lowest BCUT2D eigenvalue weighted by molar-refractivity contribution is -0.140. The van der Waals surface area contributed by atoms with Crippen LogP contribution in [0.4, 0.5) is 36.4 Å². The van der Waals surface area contributed by atoms with Crippen LogP contribution in [0, 0.1) is 23.6 Å². The quantitative estimate of drug-likeness (QED) is 0.226. The number of amides is 2. The summed E-state index contributed by atoms with van der Waals surface area (Å²) in [5.74, 6) is -7.04. The van der Waals surface area contributed by atoms with Gasteiger partial charge in [-0.05, 0) is 61.6 Å². The molecule has 2 saturated carbocycles. The van der Waals surface area contributed by atoms with Crippen LogP contribution in [0.5, 0.6) is 5.75 Å². The number of benzene rings is 2. The average Bonchev–Trinajstić information content (AvgIpc) is 3.54. The second kappa shape index (κ2) is 13.9. The Morgan fingerprint density at radius 1 is 1.08 bits per heavy atom. The van der Waals surface area contributed by atoms with E-state index >= 15 is 0 Å². The van der Waals surface area contributed by atoms with Gasteiger partial charge in [0, 0.05) is 56.0 Å². The Labute approximate surface area is 276 Å². The number of carbonyl (C=O) groups is 2. The Morgan fingerprint density at radius 3 is 2.45 bits per heavy atom. The lowest BCUT2D eigenvalue weighted by atomic mass is 9.83. The minimum atomic E-state index is -5.10. The van der Waals surface area contributed by atoms with E-state index in [1.807, 2.05) is 0 Å². The zero-order valence-corrected chi connectivity index (χ0v) is 26.7. The molecule has 1 heterocycles. The number of ether oxygens (including phenoxy) is 1. The summed E-state index contributed by atoms with van der Waals surface area (Å²) in [7, 11) is -3.00. The lowest BCUT2D eigenvalue weighted by Gasteiger charge is -2.35. The SMILES string of the molecule is COc1ccc(S(=O)(=O)N2CCNCC2CCO)cc1C(=O)N[C@H]1[C@@H](C(=O)Nc2ccc(F)c(C(F)(F)F)c2)[C@H]2CC[C@@H]1/C2=C\C(F)(F)F. The molecular weight excluding hydrogens is 689 g/mol. The number of hydrogen-bond acceptors (Lipinski definition) is 7. The summed E-state index contributed by atoms with van der Waals surface area (Å²) < 4.78 is 128. The number of piperazine rings is 1. The van der Waals surface area contributed by atoms with Gasteiger partial charge in [0.25, 0.3) is 5.91 Å². The zero-order chi connectivity index (χ0) is 35.9. The third-order valence-electron chi connectivity index (χ3n) is 9.15. The molecule has 18 heteroatoms. The van der Waals surface area contributed by atoms with Crippen LogP contribution < -0.4 is 20.7 Å². The molecule has 2 amide bonds. The number of carbonyl (C=O) groups excluding carboxylic acids is 2. The van der Waals surface area contributed by atoms with Crippen molar-refractivity contribution in [2.75, 3.05) is 38.7 Å². The topological polar surface area (TPSA) is 137 Å². The average molecular weight is 723 g/mol. The number of sulfonamides is 1. The number of aliphatic hydroxyl groups excluding tert-OH is 1. The van der Waals surface area contributed by atoms with Gasteiger partial charge in [0.05, 0.1) is 29.1 Å². The molecule has 5 rings (SSSR count). The number of allylic oxidation sites excluding steroid dienone is 1. The molecule has 2 aliphatic carbocycles. The van der Waals surface area contributed by atoms with Crippen molar-refractivity contribution in [3.05, 3.63) is 65.0 Å². The maximum absolute atomic E-state index is 13.9. The van der Waals surface area contributed by atoms with Crippen LogP contribution in [0.2, 0.25) is 0 Å². The Bertz CT molecular complexity index is 1730. The summed E-state index contributed by atoms with van der Waals surface area (Å²) in [4.78, 5) is 27.1. The molecular formula is C31H33F7N4O6S. The summed E-state index contributed by atoms with van der Waals surface area (Å²) in [5.41, 5.74) is -2.58. The van der Waals surface area contributed by atoms with Crippen molar-refractivity contribution in [2.45, 2.75) is 48.6 Å². The molecule has 5 atom stereocenters. The Morgan fingerprint density at radius 2 is 1.80 bits per heavy atom. The van der Waals surface area contributed by atoms with Crippen LogP contribution in [0.25, 0.3) is 0 Å². The predicted molar refractivity (Wildman–Crippen MR) is 160 cm³/mol. The normalized spacial score (nSPS) is 25.4. The van der Waals surface area contributed by atoms with Crippen molar-refractivity contribution < 1.29 is 58.6 Å². The highest BCUT2D eigenvalue weighted by Gasteiger charge is 2.56. The monoisotopic (exact) mass is 722 g/mol. The first-order valence-electron chi connectivity index (χ1n) is 15.3. The Kier molecular flexibility index (Phi) is 10.3. The maximum Gasteiger partial charge on any atom is 0.419 e. The van der Waals surface area contributed by atoms with Gasteiger partial charge in [0.1, 0.15) is 11.6 Å². The molecule has 1 unspecified atom stereocenters. The van der Waals surface area contributed by atoms with Crippen LogP contribution >= 0.6 is 0 Å². The lowest BCUT2D eigenvalue weighted by Crippen LogP contribution is -2.53. The minimum Gasteiger partial charge on any atom is -0.496 e. The molecule has 3 fully saturated rings. The van der Waals surface area contributed by atoms with Crippen LogP contribution in [0.15, 0.2) is 52.9 Å². The smallest absolute Gasteiger partial charge is 0.419 e. The molecule has 4 N–H and O–H groups in total. The Balaban J connectivity index is 1.48. The predicted octanol–water partition coefficient (Wildman–Crippen LogP) is 4.08. The summed E-state index contributed by atoms with van der Waals surface area (Å²) in [6, 6.07) is 3.37. The number of methoxy groups -OCH3 is 1. The first-order chi connectivity index (χ1) is 23.0. The number of rotatable bonds is 9. The summed E-state index contributed by atoms with van der Waals surface area (Å²) in [5, 5.41) is 17.3. The number of fused-ring (bicyclic) bond motifs is 2. The van der Waals surface area contributed by atoms with Crippen molar-refractivity contribution in [3.63, 3.8) is 0 Å². The van der Waals surface area contributed by atoms with Gasteiger partial charge in [-0.25, -0.2) is 12.8 Å². The van der Waals surface area contributed by atoms with Crippen LogP contribution in [0.3, 0.4) is 0 Å². The van der Waals surface area contributed by atoms with Crippen molar-refractivity contribution in [2.24, 2.45) is 17.8 Å². The molecule has 0 spiro atoms. The van der Waals surface area contributed by atoms with Gasteiger partial charge in [0.15, 0.2) is 0 Å². The third-order valence-corrected chi connectivity index (χ3v) is 11.1. The largest absolute Gasteiger partial charge is 0.496 e. The van der Waals surface area contributed by atoms with E-state index in [1.165, 1.54) is 23.5 Å². The fraction of sp³-hybridized carbons (Fsp3) is 0.484. The van der Waals surface area contributed by atoms with E-state index in [1.54, 1.807) is 0 Å². The fourth-order valence-corrected chi connectivity index (χ4v) is 8.75. The van der Waals surface area contributed by atoms with Crippen LogP contribution in [-0.4, -0.2) is 81.3 Å². The van der Waals surface area contributed by atoms with Gasteiger partial charge in [-0.15, -0.1) is 0 Å². The second-order valence-corrected chi connectivity index (χ2v) is 13.9. The van der Waals surface area contributed by atoms with Gasteiger partial charge >= 0.3 is 12.4 Å². The third kappa shape index (κ3) is 7.56. The highest BCUT2D eigenvalue weighted by molar-refractivity contribution is 7.89. The molecule has 1 aliphatic heterocycles. The summed E-state index contributed by atoms with van der Waals surface area (Å²) in [6.45, 7) is 0.416. The van der Waals surface area contributed by atoms with Crippen molar-refractivity contribution in [3.8, 4) is 5.75 Å². The van der Waals surface area contributed by atoms with Crippen molar-refractivity contribution in [1.82, 2.24) is 14.9 Å². The number of alkyl halides is 6. The molecule has 268 valence electrons. The summed E-state index contributed by atoms with van der Waals surface area (Å²) in [6.07, 6.45) is -9.40. The number of aliphatic hydroxyl groups is 1. The molecule has 49 heavy (non-hydrogen) atoms. The number of nitrogens with zero attached hydrogens (tertiary/aromatic N) is 1. The van der Waals surface area contributed by atoms with E-state index in [0.717, 1.165) is 12.1 Å². The Hall–Kier alpha value is -3.74. The number of anilines is 1. The van der Waals surface area contributed by atoms with Gasteiger partial charge in [-0.3, -0.25) is 9.59 Å². The first-order valence-corrected chi connectivity index (χ1v) is 16.7. The molecule has 2 aromatic rings. The molecule has 2 bridgehead atoms. The highest BCUT2D eigenvalue weighted by atomic mass is 32.2. The van der Waals surface area contributed by atoms with Gasteiger partial charge < -0.3 is 25.8 Å². The molecule has 1 saturated heterocycles.